The van der Waals surface area contributed by atoms with Crippen LogP contribution >= 0.6 is 0 Å². The molecule has 0 saturated carbocycles. The summed E-state index contributed by atoms with van der Waals surface area (Å²) in [6.07, 6.45) is 0. The van der Waals surface area contributed by atoms with Gasteiger partial charge in [-0.25, -0.2) is 0 Å². The summed E-state index contributed by atoms with van der Waals surface area (Å²) in [4.78, 5) is 5.14. The average Bonchev–Trinajstić information content (AvgIpc) is 3.72. The summed E-state index contributed by atoms with van der Waals surface area (Å²) in [6, 6.07) is 56.2. The van der Waals surface area contributed by atoms with Gasteiger partial charge < -0.3 is 14.4 Å². The number of anilines is 6. The number of hydrogen-bond acceptors (Lipinski definition) is 2. The number of benzene rings is 7. The van der Waals surface area contributed by atoms with Crippen molar-refractivity contribution in [2.45, 2.75) is 90.9 Å². The summed E-state index contributed by atoms with van der Waals surface area (Å²) in [5.74, 6) is 0. The van der Waals surface area contributed by atoms with Crippen LogP contribution in [0, 0.1) is 0 Å². The number of hydrogen-bond donors (Lipinski definition) is 0. The van der Waals surface area contributed by atoms with Crippen molar-refractivity contribution in [1.82, 2.24) is 4.57 Å². The van der Waals surface area contributed by atoms with Crippen LogP contribution in [0.5, 0.6) is 0 Å². The van der Waals surface area contributed by atoms with E-state index in [0.29, 0.717) is 0 Å². The van der Waals surface area contributed by atoms with Crippen molar-refractivity contribution in [3.8, 4) is 16.9 Å². The first-order chi connectivity index (χ1) is 29.6. The molecule has 0 amide bonds. The lowest BCUT2D eigenvalue weighted by molar-refractivity contribution is 0.590. The monoisotopic (exact) mass is 803 g/mol. The highest BCUT2D eigenvalue weighted by atomic mass is 15.2. The molecule has 62 heavy (non-hydrogen) atoms. The Kier molecular flexibility index (Phi) is 7.39. The second-order valence-electron chi connectivity index (χ2n) is 21.5. The smallest absolute Gasteiger partial charge is 0.252 e. The fourth-order valence-corrected chi connectivity index (χ4v) is 11.9. The van der Waals surface area contributed by atoms with E-state index in [-0.39, 0.29) is 28.4 Å². The van der Waals surface area contributed by atoms with Crippen molar-refractivity contribution in [1.29, 1.82) is 0 Å². The number of rotatable bonds is 3. The molecule has 8 aromatic rings. The van der Waals surface area contributed by atoms with Crippen LogP contribution in [0.1, 0.15) is 103 Å². The van der Waals surface area contributed by atoms with Crippen LogP contribution in [-0.4, -0.2) is 11.3 Å². The van der Waals surface area contributed by atoms with Gasteiger partial charge in [0, 0.05) is 55.7 Å². The third-order valence-electron chi connectivity index (χ3n) is 15.0. The fraction of sp³-hybridized carbons (Fsp3) is 0.241. The Morgan fingerprint density at radius 1 is 0.500 bits per heavy atom. The number of nitrogens with zero attached hydrogens (tertiary/aromatic N) is 3. The molecule has 4 heteroatoms. The van der Waals surface area contributed by atoms with Crippen LogP contribution in [0.2, 0.25) is 0 Å². The van der Waals surface area contributed by atoms with Gasteiger partial charge in [-0.15, -0.1) is 0 Å². The topological polar surface area (TPSA) is 11.4 Å². The third-order valence-corrected chi connectivity index (χ3v) is 15.0. The van der Waals surface area contributed by atoms with E-state index in [1.807, 2.05) is 0 Å². The van der Waals surface area contributed by atoms with Gasteiger partial charge in [0.15, 0.2) is 0 Å². The van der Waals surface area contributed by atoms with Gasteiger partial charge in [-0.05, 0) is 103 Å². The van der Waals surface area contributed by atoms with E-state index >= 15 is 0 Å². The summed E-state index contributed by atoms with van der Waals surface area (Å²) in [6.45, 7) is 23.5. The van der Waals surface area contributed by atoms with E-state index in [1.54, 1.807) is 0 Å². The zero-order chi connectivity index (χ0) is 42.8. The molecule has 3 nitrogen and oxygen atoms in total. The highest BCUT2D eigenvalue weighted by Crippen LogP contribution is 2.57. The highest BCUT2D eigenvalue weighted by molar-refractivity contribution is 7.00. The molecule has 3 aliphatic heterocycles. The Bertz CT molecular complexity index is 3150. The molecule has 4 heterocycles. The van der Waals surface area contributed by atoms with Gasteiger partial charge in [-0.2, -0.15) is 0 Å². The van der Waals surface area contributed by atoms with E-state index in [9.17, 15) is 0 Å². The molecule has 1 aromatic heterocycles. The molecule has 0 saturated heterocycles. The molecule has 1 aliphatic carbocycles. The molecule has 0 atom stereocenters. The Morgan fingerprint density at radius 3 is 1.73 bits per heavy atom. The van der Waals surface area contributed by atoms with Crippen molar-refractivity contribution < 1.29 is 0 Å². The Labute approximate surface area is 367 Å². The van der Waals surface area contributed by atoms with Crippen LogP contribution in [0.3, 0.4) is 0 Å². The fourth-order valence-electron chi connectivity index (χ4n) is 11.9. The van der Waals surface area contributed by atoms with Crippen LogP contribution in [-0.2, 0) is 21.7 Å². The first-order valence-corrected chi connectivity index (χ1v) is 22.6. The van der Waals surface area contributed by atoms with Gasteiger partial charge in [0.25, 0.3) is 6.71 Å². The van der Waals surface area contributed by atoms with Gasteiger partial charge >= 0.3 is 0 Å². The molecular formula is C58H54BN3. The minimum absolute atomic E-state index is 0.0425. The van der Waals surface area contributed by atoms with E-state index in [2.05, 4.69) is 229 Å². The maximum absolute atomic E-state index is 2.69. The molecule has 4 aliphatic rings. The van der Waals surface area contributed by atoms with Crippen LogP contribution in [0.15, 0.2) is 146 Å². The highest BCUT2D eigenvalue weighted by Gasteiger charge is 2.50. The Hall–Kier alpha value is -6.26. The zero-order valence-electron chi connectivity index (χ0n) is 37.8. The molecule has 0 unspecified atom stereocenters. The van der Waals surface area contributed by atoms with E-state index in [1.165, 1.54) is 94.7 Å². The lowest BCUT2D eigenvalue weighted by Gasteiger charge is -2.48. The molecule has 0 radical (unpaired) electrons. The SMILES string of the molecule is CC(C)(C)c1ccc(N(c2ccc(C(C)(C)C)cc2)c2cc3c4c(c2)-n2c5c(c6cccc(c62)B4c2cccc4c2N3c2ccccc2C4(C)C)C(C)(C)c2ccccc2-5)cc1. The molecule has 304 valence electrons. The maximum atomic E-state index is 2.69. The van der Waals surface area contributed by atoms with E-state index in [0.717, 1.165) is 17.1 Å². The van der Waals surface area contributed by atoms with Crippen molar-refractivity contribution in [3.05, 3.63) is 179 Å². The molecule has 0 bridgehead atoms. The second kappa shape index (κ2) is 12.2. The number of para-hydroxylation sites is 3. The minimum Gasteiger partial charge on any atom is -0.311 e. The quantitative estimate of drug-likeness (QED) is 0.165. The molecule has 0 spiro atoms. The standard InChI is InChI=1S/C58H54BN3/c1-55(2,3)35-25-29-37(30-26-35)60(38-31-27-36(28-32-38)56(4,5)6)39-33-48-51-49(34-39)62-52-41(50-53(62)40-17-11-12-19-42(40)58(50,9)10)18-15-22-45(52)59(51)46-23-16-21-44-54(46)61(48)47-24-14-13-20-43(47)57(44,7)8/h11-34H,1-10H3. The van der Waals surface area contributed by atoms with E-state index in [4.69, 9.17) is 0 Å². The first kappa shape index (κ1) is 37.5. The van der Waals surface area contributed by atoms with E-state index < -0.39 is 0 Å². The van der Waals surface area contributed by atoms with Gasteiger partial charge in [0.05, 0.1) is 17.1 Å². The van der Waals surface area contributed by atoms with Crippen molar-refractivity contribution >= 4 is 68.1 Å². The Balaban J connectivity index is 1.23. The maximum Gasteiger partial charge on any atom is 0.252 e. The summed E-state index contributed by atoms with van der Waals surface area (Å²) in [5, 5.41) is 1.36. The van der Waals surface area contributed by atoms with Crippen LogP contribution < -0.4 is 26.2 Å². The van der Waals surface area contributed by atoms with Crippen molar-refractivity contribution in [2.75, 3.05) is 9.80 Å². The lowest BCUT2D eigenvalue weighted by atomic mass is 9.33. The summed E-state index contributed by atoms with van der Waals surface area (Å²) in [7, 11) is 0. The summed E-state index contributed by atoms with van der Waals surface area (Å²) in [5.41, 5.74) is 24.7. The summed E-state index contributed by atoms with van der Waals surface area (Å²) < 4.78 is 2.69. The molecule has 12 rings (SSSR count). The zero-order valence-corrected chi connectivity index (χ0v) is 37.8. The van der Waals surface area contributed by atoms with Crippen molar-refractivity contribution in [2.24, 2.45) is 0 Å². The molecular weight excluding hydrogens is 749 g/mol. The first-order valence-electron chi connectivity index (χ1n) is 22.6. The van der Waals surface area contributed by atoms with Crippen LogP contribution in [0.25, 0.3) is 27.8 Å². The average molecular weight is 804 g/mol. The molecule has 0 fully saturated rings. The van der Waals surface area contributed by atoms with Crippen LogP contribution in [0.4, 0.5) is 34.1 Å². The largest absolute Gasteiger partial charge is 0.311 e. The van der Waals surface area contributed by atoms with Crippen molar-refractivity contribution in [3.63, 3.8) is 0 Å². The normalized spacial score (nSPS) is 15.8. The predicted molar refractivity (Wildman–Crippen MR) is 264 cm³/mol. The predicted octanol–water partition coefficient (Wildman–Crippen LogP) is 13.3. The third kappa shape index (κ3) is 4.84. The Morgan fingerprint density at radius 2 is 1.06 bits per heavy atom. The van der Waals surface area contributed by atoms with Gasteiger partial charge in [0.1, 0.15) is 0 Å². The number of fused-ring (bicyclic) bond motifs is 11. The minimum atomic E-state index is -0.179. The van der Waals surface area contributed by atoms with Gasteiger partial charge in [0.2, 0.25) is 0 Å². The molecule has 7 aromatic carbocycles. The summed E-state index contributed by atoms with van der Waals surface area (Å²) >= 11 is 0. The van der Waals surface area contributed by atoms with Gasteiger partial charge in [-0.3, -0.25) is 0 Å². The number of aromatic nitrogens is 1. The second-order valence-corrected chi connectivity index (χ2v) is 21.5. The lowest BCUT2D eigenvalue weighted by Crippen LogP contribution is -2.61. The van der Waals surface area contributed by atoms with Gasteiger partial charge in [-0.1, -0.05) is 172 Å². The molecule has 0 N–H and O–H groups in total.